The molecule has 10 heteroatoms. The van der Waals surface area contributed by atoms with E-state index in [9.17, 15) is 0 Å². The molecule has 10 rings (SSSR count). The van der Waals surface area contributed by atoms with E-state index in [1.807, 2.05) is 0 Å². The average molecular weight is 1160 g/mol. The summed E-state index contributed by atoms with van der Waals surface area (Å²) in [7, 11) is -0.816. The number of aryl methyl sites for hydroxylation is 2. The summed E-state index contributed by atoms with van der Waals surface area (Å²) in [4.78, 5) is 4.55. The highest BCUT2D eigenvalue weighted by Crippen LogP contribution is 2.41. The van der Waals surface area contributed by atoms with Gasteiger partial charge in [-0.2, -0.15) is 0 Å². The van der Waals surface area contributed by atoms with Gasteiger partial charge in [-0.25, -0.2) is 0 Å². The minimum Gasteiger partial charge on any atom is -0.399 e. The molecule has 0 aliphatic carbocycles. The molecule has 78 heavy (non-hydrogen) atoms. The summed E-state index contributed by atoms with van der Waals surface area (Å²) >= 11 is 7.09. The van der Waals surface area contributed by atoms with Crippen molar-refractivity contribution in [3.63, 3.8) is 0 Å². The van der Waals surface area contributed by atoms with Crippen LogP contribution in [0.4, 0.5) is 34.1 Å². The zero-order chi connectivity index (χ0) is 55.2. The lowest BCUT2D eigenvalue weighted by Crippen LogP contribution is -2.41. The fourth-order valence-electron chi connectivity index (χ4n) is 9.69. The topological polar surface area (TPSA) is 43.4 Å². The molecule has 2 aliphatic rings. The monoisotopic (exact) mass is 1160 g/mol. The predicted octanol–water partition coefficient (Wildman–Crippen LogP) is 18.5. The van der Waals surface area contributed by atoms with Crippen LogP contribution in [0.25, 0.3) is 22.3 Å². The molecule has 0 spiro atoms. The lowest BCUT2D eigenvalue weighted by Gasteiger charge is -2.32. The molecule has 0 aromatic heterocycles. The van der Waals surface area contributed by atoms with E-state index in [1.54, 1.807) is 0 Å². The number of nitrogens with zero attached hydrogens (tertiary/aromatic N) is 2. The van der Waals surface area contributed by atoms with Gasteiger partial charge in [0.25, 0.3) is 0 Å². The molecular weight excluding hydrogens is 1090 g/mol. The Morgan fingerprint density at radius 1 is 0.321 bits per heavy atom. The van der Waals surface area contributed by atoms with Crippen molar-refractivity contribution >= 4 is 91.1 Å². The number of benzene rings is 8. The zero-order valence-corrected chi connectivity index (χ0v) is 50.3. The number of hydrogen-bond acceptors (Lipinski definition) is 6. The van der Waals surface area contributed by atoms with Gasteiger partial charge in [-0.15, -0.1) is 0 Å². The first-order valence-electron chi connectivity index (χ1n) is 27.7. The van der Waals surface area contributed by atoms with Crippen LogP contribution in [0.1, 0.15) is 106 Å². The third kappa shape index (κ3) is 13.1. The summed E-state index contributed by atoms with van der Waals surface area (Å²) in [5.74, 6) is 0. The summed E-state index contributed by atoms with van der Waals surface area (Å²) in [6, 6.07) is 69.5. The van der Waals surface area contributed by atoms with Gasteiger partial charge in [0, 0.05) is 43.1 Å². The molecule has 2 heterocycles. The molecule has 0 amide bonds. The maximum absolute atomic E-state index is 6.33. The van der Waals surface area contributed by atoms with Crippen molar-refractivity contribution in [1.82, 2.24) is 0 Å². The molecule has 0 N–H and O–H groups in total. The summed E-state index contributed by atoms with van der Waals surface area (Å²) in [5.41, 5.74) is 14.7. The Bertz CT molecular complexity index is 3050. The largest absolute Gasteiger partial charge is 0.494 e. The highest BCUT2D eigenvalue weighted by Gasteiger charge is 2.52. The molecule has 2 aliphatic heterocycles. The molecule has 8 aromatic carbocycles. The van der Waals surface area contributed by atoms with Crippen LogP contribution in [0.5, 0.6) is 0 Å². The summed E-state index contributed by atoms with van der Waals surface area (Å²) < 4.78 is 27.5. The second-order valence-electron chi connectivity index (χ2n) is 22.7. The van der Waals surface area contributed by atoms with Crippen LogP contribution in [-0.2, 0) is 31.5 Å². The summed E-state index contributed by atoms with van der Waals surface area (Å²) in [5, 5.41) is 0. The van der Waals surface area contributed by atoms with E-state index in [0.717, 1.165) is 66.8 Å². The van der Waals surface area contributed by atoms with Crippen LogP contribution < -0.4 is 20.7 Å². The second-order valence-corrected chi connectivity index (χ2v) is 24.5. The number of rotatable bonds is 16. The third-order valence-electron chi connectivity index (χ3n) is 16.0. The van der Waals surface area contributed by atoms with Gasteiger partial charge in [0.1, 0.15) is 0 Å². The maximum Gasteiger partial charge on any atom is 0.494 e. The summed E-state index contributed by atoms with van der Waals surface area (Å²) in [6.07, 6.45) is 7.20. The Labute approximate surface area is 483 Å². The van der Waals surface area contributed by atoms with Gasteiger partial charge in [0.15, 0.2) is 0 Å². The first-order valence-corrected chi connectivity index (χ1v) is 29.3. The van der Waals surface area contributed by atoms with E-state index in [0.29, 0.717) is 0 Å². The van der Waals surface area contributed by atoms with Crippen molar-refractivity contribution in [3.05, 3.63) is 214 Å². The van der Waals surface area contributed by atoms with Crippen LogP contribution in [0.3, 0.4) is 0 Å². The van der Waals surface area contributed by atoms with E-state index in [2.05, 4.69) is 305 Å². The number of anilines is 6. The van der Waals surface area contributed by atoms with Crippen LogP contribution in [0.15, 0.2) is 203 Å². The predicted molar refractivity (Wildman–Crippen MR) is 337 cm³/mol. The normalized spacial score (nSPS) is 15.9. The summed E-state index contributed by atoms with van der Waals surface area (Å²) in [6.45, 7) is 21.1. The van der Waals surface area contributed by atoms with Crippen molar-refractivity contribution in [2.24, 2.45) is 0 Å². The van der Waals surface area contributed by atoms with Gasteiger partial charge in [-0.1, -0.05) is 156 Å². The Kier molecular flexibility index (Phi) is 17.8. The molecule has 0 unspecified atom stereocenters. The Morgan fingerprint density at radius 2 is 0.538 bits per heavy atom. The molecule has 400 valence electrons. The van der Waals surface area contributed by atoms with Gasteiger partial charge >= 0.3 is 14.2 Å². The van der Waals surface area contributed by atoms with Crippen LogP contribution in [-0.4, -0.2) is 36.6 Å². The van der Waals surface area contributed by atoms with Crippen LogP contribution in [0.2, 0.25) is 0 Å². The molecule has 0 atom stereocenters. The van der Waals surface area contributed by atoms with Crippen molar-refractivity contribution in [3.8, 4) is 22.3 Å². The standard InChI is InChI=1S/C40H49B2NO4.C28H25Br2N/c1-10-11-12-29-13-15-30(16-14-29)31-17-23-34(24-18-31)43(35-25-19-32(20-26-35)41-44-37(2,3)38(4,5)45-41)36-27-21-33(22-28-36)42-46-39(6,7)40(8,9)47-42;1-2-3-4-21-5-7-22(8-6-21)23-9-15-26(16-10-23)31(27-17-11-24(29)12-18-27)28-19-13-25(30)14-20-28/h13-28H,10-12H2,1-9H3;5-20H,2-4H2,1H3. The fraction of sp³-hybridized carbons (Fsp3) is 0.294. The van der Waals surface area contributed by atoms with Crippen molar-refractivity contribution in [2.75, 3.05) is 9.80 Å². The second kappa shape index (κ2) is 24.3. The maximum atomic E-state index is 6.33. The van der Waals surface area contributed by atoms with Crippen LogP contribution >= 0.6 is 31.9 Å². The molecule has 0 radical (unpaired) electrons. The number of unbranched alkanes of at least 4 members (excludes halogenated alkanes) is 2. The third-order valence-corrected chi connectivity index (χ3v) is 17.0. The van der Waals surface area contributed by atoms with E-state index >= 15 is 0 Å². The zero-order valence-electron chi connectivity index (χ0n) is 47.2. The molecule has 0 bridgehead atoms. The van der Waals surface area contributed by atoms with E-state index in [4.69, 9.17) is 18.6 Å². The molecule has 0 saturated carbocycles. The molecule has 2 fully saturated rings. The van der Waals surface area contributed by atoms with E-state index < -0.39 is 36.6 Å². The van der Waals surface area contributed by atoms with E-state index in [1.165, 1.54) is 59.1 Å². The first kappa shape index (κ1) is 57.0. The van der Waals surface area contributed by atoms with Gasteiger partial charge in [0.05, 0.1) is 22.4 Å². The molecular formula is C68H74B2Br2N2O4. The molecule has 8 aromatic rings. The average Bonchev–Trinajstić information content (AvgIpc) is 3.94. The Morgan fingerprint density at radius 3 is 0.782 bits per heavy atom. The first-order chi connectivity index (χ1) is 37.3. The quantitative estimate of drug-likeness (QED) is 0.0899. The smallest absolute Gasteiger partial charge is 0.399 e. The molecule has 6 nitrogen and oxygen atoms in total. The Hall–Kier alpha value is -5.71. The van der Waals surface area contributed by atoms with Gasteiger partial charge in [0.2, 0.25) is 0 Å². The minimum absolute atomic E-state index is 0.390. The Balaban J connectivity index is 0.000000206. The number of halogens is 2. The lowest BCUT2D eigenvalue weighted by atomic mass is 9.79. The van der Waals surface area contributed by atoms with Crippen molar-refractivity contribution in [1.29, 1.82) is 0 Å². The molecule has 2 saturated heterocycles. The van der Waals surface area contributed by atoms with Crippen molar-refractivity contribution < 1.29 is 18.6 Å². The van der Waals surface area contributed by atoms with Crippen molar-refractivity contribution in [2.45, 2.75) is 130 Å². The van der Waals surface area contributed by atoms with Gasteiger partial charge < -0.3 is 28.4 Å². The SMILES string of the molecule is CCCCc1ccc(-c2ccc(N(c3ccc(B4OC(C)(C)C(C)(C)O4)cc3)c3ccc(B4OC(C)(C)C(C)(C)O4)cc3)cc2)cc1.CCCCc1ccc(-c2ccc(N(c3ccc(Br)cc3)c3ccc(Br)cc3)cc2)cc1. The van der Waals surface area contributed by atoms with E-state index in [-0.39, 0.29) is 0 Å². The van der Waals surface area contributed by atoms with Crippen LogP contribution in [0, 0.1) is 0 Å². The highest BCUT2D eigenvalue weighted by molar-refractivity contribution is 9.10. The minimum atomic E-state index is -0.408. The number of hydrogen-bond donors (Lipinski definition) is 0. The highest BCUT2D eigenvalue weighted by atomic mass is 79.9. The van der Waals surface area contributed by atoms with Gasteiger partial charge in [-0.3, -0.25) is 0 Å². The fourth-order valence-corrected chi connectivity index (χ4v) is 10.2. The van der Waals surface area contributed by atoms with Gasteiger partial charge in [-0.05, 0) is 222 Å². The lowest BCUT2D eigenvalue weighted by molar-refractivity contribution is 0.00578.